The molecule has 1 heterocycles. The number of nitrogens with one attached hydrogen (secondary N) is 1. The smallest absolute Gasteiger partial charge is 0.224 e. The summed E-state index contributed by atoms with van der Waals surface area (Å²) in [7, 11) is 1.85. The lowest BCUT2D eigenvalue weighted by atomic mass is 10.0. The maximum atomic E-state index is 11.9. The molecule has 1 aromatic rings. The summed E-state index contributed by atoms with van der Waals surface area (Å²) in [5, 5.41) is 10.7. The molecule has 0 radical (unpaired) electrons. The molecule has 0 aliphatic rings. The Balaban J connectivity index is 2.59. The third kappa shape index (κ3) is 3.52. The Morgan fingerprint density at radius 2 is 2.35 bits per heavy atom. The summed E-state index contributed by atoms with van der Waals surface area (Å²) in [5.41, 5.74) is 5.59. The van der Waals surface area contributed by atoms with Crippen LogP contribution in [0.5, 0.6) is 0 Å². The zero-order chi connectivity index (χ0) is 12.8. The first kappa shape index (κ1) is 13.6. The molecule has 3 N–H and O–H groups in total. The number of rotatable bonds is 6. The number of carbonyl (C=O) groups excluding carboxylic acids is 1. The van der Waals surface area contributed by atoms with Gasteiger partial charge in [-0.15, -0.1) is 10.2 Å². The van der Waals surface area contributed by atoms with E-state index in [1.54, 1.807) is 10.9 Å². The largest absolute Gasteiger partial charge is 0.346 e. The molecule has 0 aromatic carbocycles. The number of hydrogen-bond acceptors (Lipinski definition) is 4. The molecule has 0 spiro atoms. The molecule has 0 aliphatic heterocycles. The summed E-state index contributed by atoms with van der Waals surface area (Å²) < 4.78 is 1.79. The van der Waals surface area contributed by atoms with Crippen molar-refractivity contribution in [1.29, 1.82) is 0 Å². The van der Waals surface area contributed by atoms with E-state index in [9.17, 15) is 4.79 Å². The fraction of sp³-hybridized carbons (Fsp3) is 0.727. The topological polar surface area (TPSA) is 85.8 Å². The van der Waals surface area contributed by atoms with Crippen LogP contribution in [0.25, 0.3) is 0 Å². The van der Waals surface area contributed by atoms with Crippen LogP contribution in [0.1, 0.15) is 38.6 Å². The minimum absolute atomic E-state index is 0.00940. The molecule has 0 fully saturated rings. The van der Waals surface area contributed by atoms with Gasteiger partial charge in [0.1, 0.15) is 6.33 Å². The van der Waals surface area contributed by atoms with Gasteiger partial charge in [-0.1, -0.05) is 13.3 Å². The molecule has 1 aromatic heterocycles. The van der Waals surface area contributed by atoms with Crippen molar-refractivity contribution in [2.24, 2.45) is 18.7 Å². The molecule has 0 saturated carbocycles. The monoisotopic (exact) mass is 239 g/mol. The molecule has 96 valence electrons. The summed E-state index contributed by atoms with van der Waals surface area (Å²) in [6.07, 6.45) is 3.38. The van der Waals surface area contributed by atoms with Gasteiger partial charge in [0.15, 0.2) is 5.82 Å². The van der Waals surface area contributed by atoms with Crippen molar-refractivity contribution in [1.82, 2.24) is 20.1 Å². The first-order valence-corrected chi connectivity index (χ1v) is 5.94. The number of nitrogens with zero attached hydrogens (tertiary/aromatic N) is 3. The van der Waals surface area contributed by atoms with E-state index in [1.165, 1.54) is 0 Å². The van der Waals surface area contributed by atoms with Crippen LogP contribution < -0.4 is 11.1 Å². The molecular weight excluding hydrogens is 218 g/mol. The lowest BCUT2D eigenvalue weighted by molar-refractivity contribution is -0.125. The molecule has 1 amide bonds. The highest BCUT2D eigenvalue weighted by Gasteiger charge is 2.20. The third-order valence-corrected chi connectivity index (χ3v) is 2.78. The third-order valence-electron chi connectivity index (χ3n) is 2.78. The molecular formula is C11H21N5O. The zero-order valence-electron chi connectivity index (χ0n) is 10.7. The second-order valence-corrected chi connectivity index (χ2v) is 4.25. The summed E-state index contributed by atoms with van der Waals surface area (Å²) in [6.45, 7) is 4.31. The van der Waals surface area contributed by atoms with E-state index in [1.807, 2.05) is 20.9 Å². The highest BCUT2D eigenvalue weighted by molar-refractivity contribution is 5.79. The van der Waals surface area contributed by atoms with E-state index in [0.717, 1.165) is 18.7 Å². The predicted octanol–water partition coefficient (Wildman–Crippen LogP) is 0.367. The van der Waals surface area contributed by atoms with Crippen LogP contribution in [0.3, 0.4) is 0 Å². The van der Waals surface area contributed by atoms with Crippen molar-refractivity contribution < 1.29 is 4.79 Å². The molecule has 1 rings (SSSR count). The summed E-state index contributed by atoms with van der Waals surface area (Å²) in [5.74, 6) is 0.617. The average Bonchev–Trinajstić information content (AvgIpc) is 2.72. The van der Waals surface area contributed by atoms with Crippen LogP contribution in [-0.2, 0) is 11.8 Å². The van der Waals surface area contributed by atoms with Crippen LogP contribution in [-0.4, -0.2) is 27.2 Å². The number of aryl methyl sites for hydroxylation is 1. The second kappa shape index (κ2) is 6.34. The number of nitrogens with two attached hydrogens (primary N) is 1. The Morgan fingerprint density at radius 1 is 1.65 bits per heavy atom. The number of aromatic nitrogens is 3. The number of carbonyl (C=O) groups is 1. The molecule has 2 unspecified atom stereocenters. The van der Waals surface area contributed by atoms with E-state index in [-0.39, 0.29) is 17.9 Å². The van der Waals surface area contributed by atoms with Gasteiger partial charge in [-0.25, -0.2) is 0 Å². The summed E-state index contributed by atoms with van der Waals surface area (Å²) in [6, 6.07) is -0.152. The highest BCUT2D eigenvalue weighted by Crippen LogP contribution is 2.10. The molecule has 6 heteroatoms. The van der Waals surface area contributed by atoms with Crippen LogP contribution in [0.4, 0.5) is 0 Å². The van der Waals surface area contributed by atoms with E-state index in [4.69, 9.17) is 5.73 Å². The Hall–Kier alpha value is -1.43. The van der Waals surface area contributed by atoms with Gasteiger partial charge in [-0.05, 0) is 13.3 Å². The fourth-order valence-electron chi connectivity index (χ4n) is 1.78. The van der Waals surface area contributed by atoms with E-state index in [2.05, 4.69) is 15.5 Å². The molecule has 0 bridgehead atoms. The predicted molar refractivity (Wildman–Crippen MR) is 65.0 cm³/mol. The van der Waals surface area contributed by atoms with E-state index < -0.39 is 0 Å². The van der Waals surface area contributed by atoms with Crippen molar-refractivity contribution in [2.45, 2.75) is 32.7 Å². The van der Waals surface area contributed by atoms with Gasteiger partial charge >= 0.3 is 0 Å². The normalized spacial score (nSPS) is 14.4. The molecule has 2 atom stereocenters. The Kier molecular flexibility index (Phi) is 5.09. The van der Waals surface area contributed by atoms with Gasteiger partial charge in [0.2, 0.25) is 5.91 Å². The number of hydrogen-bond donors (Lipinski definition) is 2. The van der Waals surface area contributed by atoms with Crippen molar-refractivity contribution >= 4 is 5.91 Å². The van der Waals surface area contributed by atoms with Crippen LogP contribution in [0, 0.1) is 5.92 Å². The van der Waals surface area contributed by atoms with Crippen LogP contribution >= 0.6 is 0 Å². The number of amides is 1. The summed E-state index contributed by atoms with van der Waals surface area (Å²) in [4.78, 5) is 11.9. The van der Waals surface area contributed by atoms with Crippen molar-refractivity contribution in [3.05, 3.63) is 12.2 Å². The van der Waals surface area contributed by atoms with E-state index in [0.29, 0.717) is 6.54 Å². The Labute approximate surface area is 102 Å². The van der Waals surface area contributed by atoms with Crippen molar-refractivity contribution in [2.75, 3.05) is 6.54 Å². The average molecular weight is 239 g/mol. The molecule has 0 aliphatic carbocycles. The maximum Gasteiger partial charge on any atom is 0.224 e. The SMILES string of the molecule is CCCC(CN)C(=O)NC(C)c1nncn1C. The van der Waals surface area contributed by atoms with Crippen molar-refractivity contribution in [3.8, 4) is 0 Å². The lowest BCUT2D eigenvalue weighted by Gasteiger charge is -2.18. The molecule has 6 nitrogen and oxygen atoms in total. The van der Waals surface area contributed by atoms with Gasteiger partial charge < -0.3 is 15.6 Å². The van der Waals surface area contributed by atoms with Gasteiger partial charge in [0.05, 0.1) is 12.0 Å². The fourth-order valence-corrected chi connectivity index (χ4v) is 1.78. The summed E-state index contributed by atoms with van der Waals surface area (Å²) >= 11 is 0. The van der Waals surface area contributed by atoms with Gasteiger partial charge in [0, 0.05) is 13.6 Å². The van der Waals surface area contributed by atoms with E-state index >= 15 is 0 Å². The maximum absolute atomic E-state index is 11.9. The Bertz CT molecular complexity index is 362. The lowest BCUT2D eigenvalue weighted by Crippen LogP contribution is -2.37. The minimum Gasteiger partial charge on any atom is -0.346 e. The van der Waals surface area contributed by atoms with Gasteiger partial charge in [0.25, 0.3) is 0 Å². The first-order valence-electron chi connectivity index (χ1n) is 5.94. The zero-order valence-corrected chi connectivity index (χ0v) is 10.7. The minimum atomic E-state index is -0.152. The van der Waals surface area contributed by atoms with Crippen LogP contribution in [0.15, 0.2) is 6.33 Å². The van der Waals surface area contributed by atoms with Crippen LogP contribution in [0.2, 0.25) is 0 Å². The second-order valence-electron chi connectivity index (χ2n) is 4.25. The van der Waals surface area contributed by atoms with Gasteiger partial charge in [-0.3, -0.25) is 4.79 Å². The Morgan fingerprint density at radius 3 is 2.82 bits per heavy atom. The molecule has 17 heavy (non-hydrogen) atoms. The standard InChI is InChI=1S/C11H21N5O/c1-4-5-9(6-12)11(17)14-8(2)10-15-13-7-16(10)3/h7-9H,4-6,12H2,1-3H3,(H,14,17). The molecule has 0 saturated heterocycles. The first-order chi connectivity index (χ1) is 8.10. The van der Waals surface area contributed by atoms with Crippen molar-refractivity contribution in [3.63, 3.8) is 0 Å². The highest BCUT2D eigenvalue weighted by atomic mass is 16.2. The quantitative estimate of drug-likeness (QED) is 0.751. The van der Waals surface area contributed by atoms with Gasteiger partial charge in [-0.2, -0.15) is 0 Å².